The number of amides is 1. The zero-order valence-corrected chi connectivity index (χ0v) is 11.2. The predicted molar refractivity (Wildman–Crippen MR) is 70.8 cm³/mol. The van der Waals surface area contributed by atoms with Crippen molar-refractivity contribution in [3.8, 4) is 0 Å². The monoisotopic (exact) mass is 259 g/mol. The smallest absolute Gasteiger partial charge is 0.223 e. The maximum absolute atomic E-state index is 10.8. The van der Waals surface area contributed by atoms with Crippen LogP contribution in [0, 0.1) is 5.92 Å². The Kier molecular flexibility index (Phi) is 5.79. The molecule has 0 saturated carbocycles. The van der Waals surface area contributed by atoms with E-state index in [-0.39, 0.29) is 5.91 Å². The van der Waals surface area contributed by atoms with Gasteiger partial charge in [-0.1, -0.05) is 6.92 Å². The van der Waals surface area contributed by atoms with E-state index in [1.165, 1.54) is 18.3 Å². The molecule has 0 aliphatic carbocycles. The Labute approximate surface area is 104 Å². The average molecular weight is 259 g/mol. The number of thiazole rings is 1. The third-order valence-corrected chi connectivity index (χ3v) is 4.00. The van der Waals surface area contributed by atoms with Gasteiger partial charge in [0.25, 0.3) is 0 Å². The quantitative estimate of drug-likeness (QED) is 0.819. The second kappa shape index (κ2) is 6.88. The van der Waals surface area contributed by atoms with E-state index < -0.39 is 0 Å². The summed E-state index contributed by atoms with van der Waals surface area (Å²) in [6, 6.07) is 0. The predicted octanol–water partition coefficient (Wildman–Crippen LogP) is 1.93. The summed E-state index contributed by atoms with van der Waals surface area (Å²) >= 11 is 3.28. The number of carbonyl (C=O) groups excluding carboxylic acids is 1. The van der Waals surface area contributed by atoms with E-state index in [1.807, 2.05) is 17.1 Å². The molecule has 6 heteroatoms. The molecule has 0 spiro atoms. The number of anilines is 1. The van der Waals surface area contributed by atoms with Crippen molar-refractivity contribution >= 4 is 34.1 Å². The van der Waals surface area contributed by atoms with Gasteiger partial charge in [0, 0.05) is 18.1 Å². The molecule has 90 valence electrons. The number of hydrogen-bond donors (Lipinski definition) is 2. The average Bonchev–Trinajstić information content (AvgIpc) is 2.64. The van der Waals surface area contributed by atoms with Crippen LogP contribution in [0.2, 0.25) is 0 Å². The van der Waals surface area contributed by atoms with Gasteiger partial charge in [0.2, 0.25) is 5.91 Å². The van der Waals surface area contributed by atoms with Crippen molar-refractivity contribution in [1.29, 1.82) is 0 Å². The Morgan fingerprint density at radius 3 is 3.12 bits per heavy atom. The molecule has 1 unspecified atom stereocenters. The lowest BCUT2D eigenvalue weighted by atomic mass is 10.2. The van der Waals surface area contributed by atoms with Crippen LogP contribution in [-0.4, -0.2) is 23.2 Å². The van der Waals surface area contributed by atoms with Crippen LogP contribution >= 0.6 is 23.1 Å². The zero-order valence-electron chi connectivity index (χ0n) is 9.53. The molecule has 0 aliphatic rings. The largest absolute Gasteiger partial charge is 0.330 e. The normalized spacial score (nSPS) is 12.4. The van der Waals surface area contributed by atoms with Gasteiger partial charge in [0.1, 0.15) is 0 Å². The molecule has 0 aliphatic heterocycles. The third-order valence-electron chi connectivity index (χ3n) is 1.89. The van der Waals surface area contributed by atoms with E-state index in [9.17, 15) is 4.79 Å². The van der Waals surface area contributed by atoms with Crippen molar-refractivity contribution in [2.24, 2.45) is 11.7 Å². The summed E-state index contributed by atoms with van der Waals surface area (Å²) < 4.78 is 0. The summed E-state index contributed by atoms with van der Waals surface area (Å²) in [5.41, 5.74) is 6.55. The lowest BCUT2D eigenvalue weighted by Crippen LogP contribution is -2.12. The fourth-order valence-corrected chi connectivity index (χ4v) is 2.89. The molecule has 4 nitrogen and oxygen atoms in total. The van der Waals surface area contributed by atoms with E-state index >= 15 is 0 Å². The lowest BCUT2D eigenvalue weighted by Gasteiger charge is -2.05. The minimum absolute atomic E-state index is 0.0784. The van der Waals surface area contributed by atoms with Crippen LogP contribution in [0.3, 0.4) is 0 Å². The first-order chi connectivity index (χ1) is 7.61. The minimum Gasteiger partial charge on any atom is -0.330 e. The van der Waals surface area contributed by atoms with E-state index in [4.69, 9.17) is 5.73 Å². The number of nitrogens with one attached hydrogen (secondary N) is 1. The molecule has 1 rings (SSSR count). The Morgan fingerprint density at radius 1 is 1.75 bits per heavy atom. The van der Waals surface area contributed by atoms with Crippen molar-refractivity contribution in [1.82, 2.24) is 4.98 Å². The van der Waals surface area contributed by atoms with Crippen LogP contribution < -0.4 is 11.1 Å². The van der Waals surface area contributed by atoms with Gasteiger partial charge in [0.05, 0.1) is 5.69 Å². The molecule has 0 saturated heterocycles. The van der Waals surface area contributed by atoms with Crippen molar-refractivity contribution in [3.63, 3.8) is 0 Å². The first-order valence-electron chi connectivity index (χ1n) is 5.11. The second-order valence-corrected chi connectivity index (χ2v) is 5.57. The summed E-state index contributed by atoms with van der Waals surface area (Å²) in [7, 11) is 0. The highest BCUT2D eigenvalue weighted by Gasteiger charge is 2.04. The highest BCUT2D eigenvalue weighted by atomic mass is 32.2. The maximum atomic E-state index is 10.8. The second-order valence-electron chi connectivity index (χ2n) is 3.68. The van der Waals surface area contributed by atoms with Gasteiger partial charge < -0.3 is 11.1 Å². The molecule has 1 atom stereocenters. The summed E-state index contributed by atoms with van der Waals surface area (Å²) in [5, 5.41) is 5.33. The molecular formula is C10H17N3OS2. The molecule has 1 amide bonds. The first-order valence-corrected chi connectivity index (χ1v) is 7.15. The Balaban J connectivity index is 2.32. The SMILES string of the molecule is CC(=O)Nc1nc(CSCC(C)CN)cs1. The van der Waals surface area contributed by atoms with Gasteiger partial charge >= 0.3 is 0 Å². The van der Waals surface area contributed by atoms with Crippen LogP contribution in [0.1, 0.15) is 19.5 Å². The van der Waals surface area contributed by atoms with Gasteiger partial charge in [-0.3, -0.25) is 4.79 Å². The topological polar surface area (TPSA) is 68.0 Å². The molecule has 0 fully saturated rings. The summed E-state index contributed by atoms with van der Waals surface area (Å²) in [4.78, 5) is 15.1. The van der Waals surface area contributed by atoms with Crippen LogP contribution in [-0.2, 0) is 10.5 Å². The van der Waals surface area contributed by atoms with E-state index in [0.29, 0.717) is 11.0 Å². The van der Waals surface area contributed by atoms with E-state index in [2.05, 4.69) is 17.2 Å². The number of thioether (sulfide) groups is 1. The molecule has 0 radical (unpaired) electrons. The van der Waals surface area contributed by atoms with Crippen LogP contribution in [0.25, 0.3) is 0 Å². The Bertz CT molecular complexity index is 341. The van der Waals surface area contributed by atoms with Crippen molar-refractivity contribution in [3.05, 3.63) is 11.1 Å². The molecule has 1 aromatic heterocycles. The summed E-state index contributed by atoms with van der Waals surface area (Å²) in [5.74, 6) is 2.38. The molecule has 3 N–H and O–H groups in total. The van der Waals surface area contributed by atoms with Gasteiger partial charge in [-0.25, -0.2) is 4.98 Å². The van der Waals surface area contributed by atoms with Crippen LogP contribution in [0.15, 0.2) is 5.38 Å². The first kappa shape index (κ1) is 13.5. The fourth-order valence-electron chi connectivity index (χ4n) is 1.01. The van der Waals surface area contributed by atoms with Crippen LogP contribution in [0.5, 0.6) is 0 Å². The number of hydrogen-bond acceptors (Lipinski definition) is 5. The number of rotatable bonds is 6. The molecule has 1 heterocycles. The Morgan fingerprint density at radius 2 is 2.50 bits per heavy atom. The summed E-state index contributed by atoms with van der Waals surface area (Å²) in [6.45, 7) is 4.34. The molecular weight excluding hydrogens is 242 g/mol. The van der Waals surface area contributed by atoms with Crippen molar-refractivity contribution in [2.45, 2.75) is 19.6 Å². The highest BCUT2D eigenvalue weighted by Crippen LogP contribution is 2.20. The number of aromatic nitrogens is 1. The van der Waals surface area contributed by atoms with Crippen molar-refractivity contribution < 1.29 is 4.79 Å². The third kappa shape index (κ3) is 4.96. The molecule has 0 aromatic carbocycles. The number of nitrogens with zero attached hydrogens (tertiary/aromatic N) is 1. The lowest BCUT2D eigenvalue weighted by molar-refractivity contribution is -0.114. The van der Waals surface area contributed by atoms with Gasteiger partial charge in [-0.05, 0) is 18.2 Å². The van der Waals surface area contributed by atoms with Crippen LogP contribution in [0.4, 0.5) is 5.13 Å². The van der Waals surface area contributed by atoms with Gasteiger partial charge in [-0.2, -0.15) is 11.8 Å². The summed E-state index contributed by atoms with van der Waals surface area (Å²) in [6.07, 6.45) is 0. The maximum Gasteiger partial charge on any atom is 0.223 e. The van der Waals surface area contributed by atoms with E-state index in [0.717, 1.165) is 23.7 Å². The molecule has 16 heavy (non-hydrogen) atoms. The Hall–Kier alpha value is -0.590. The number of carbonyl (C=O) groups is 1. The number of nitrogens with two attached hydrogens (primary N) is 1. The van der Waals surface area contributed by atoms with Gasteiger partial charge in [-0.15, -0.1) is 11.3 Å². The molecule has 0 bridgehead atoms. The van der Waals surface area contributed by atoms with Gasteiger partial charge in [0.15, 0.2) is 5.13 Å². The minimum atomic E-state index is -0.0784. The van der Waals surface area contributed by atoms with Crippen molar-refractivity contribution in [2.75, 3.05) is 17.6 Å². The molecule has 1 aromatic rings. The highest BCUT2D eigenvalue weighted by molar-refractivity contribution is 7.98. The van der Waals surface area contributed by atoms with E-state index in [1.54, 1.807) is 0 Å². The standard InChI is InChI=1S/C10H17N3OS2/c1-7(3-11)4-15-5-9-6-16-10(13-9)12-8(2)14/h6-7H,3-5,11H2,1-2H3,(H,12,13,14). The fraction of sp³-hybridized carbons (Fsp3) is 0.600. The zero-order chi connectivity index (χ0) is 12.0.